The highest BCUT2D eigenvalue weighted by molar-refractivity contribution is 7.89. The molecule has 1 amide bonds. The molecule has 0 radical (unpaired) electrons. The Kier molecular flexibility index (Phi) is 6.63. The van der Waals surface area contributed by atoms with Gasteiger partial charge >= 0.3 is 0 Å². The average molecular weight is 419 g/mol. The first-order chi connectivity index (χ1) is 12.2. The predicted molar refractivity (Wildman–Crippen MR) is 101 cm³/mol. The zero-order chi connectivity index (χ0) is 19.5. The second-order valence-corrected chi connectivity index (χ2v) is 8.09. The van der Waals surface area contributed by atoms with Gasteiger partial charge in [0, 0.05) is 18.1 Å². The predicted octanol–water partition coefficient (Wildman–Crippen LogP) is 4.42. The molecule has 0 aromatic heterocycles. The number of halogens is 3. The van der Waals surface area contributed by atoms with Crippen molar-refractivity contribution in [1.29, 1.82) is 0 Å². The highest BCUT2D eigenvalue weighted by Gasteiger charge is 2.23. The molecule has 26 heavy (non-hydrogen) atoms. The molecule has 2 rings (SSSR count). The number of amides is 1. The van der Waals surface area contributed by atoms with Crippen molar-refractivity contribution in [3.8, 4) is 0 Å². The Hall–Kier alpha value is -1.67. The summed E-state index contributed by atoms with van der Waals surface area (Å²) in [7, 11) is -3.79. The summed E-state index contributed by atoms with van der Waals surface area (Å²) in [6, 6.07) is 7.62. The van der Waals surface area contributed by atoms with E-state index in [1.54, 1.807) is 13.8 Å². The van der Waals surface area contributed by atoms with Gasteiger partial charge in [0.15, 0.2) is 0 Å². The average Bonchev–Trinajstić information content (AvgIpc) is 2.57. The molecule has 0 atom stereocenters. The quantitative estimate of drug-likeness (QED) is 0.754. The molecule has 0 aliphatic carbocycles. The molecule has 0 spiro atoms. The van der Waals surface area contributed by atoms with Gasteiger partial charge in [-0.2, -0.15) is 4.31 Å². The molecule has 0 bridgehead atoms. The third-order valence-electron chi connectivity index (χ3n) is 3.71. The summed E-state index contributed by atoms with van der Waals surface area (Å²) in [6.45, 7) is 3.94. The van der Waals surface area contributed by atoms with Crippen molar-refractivity contribution in [2.75, 3.05) is 18.4 Å². The lowest BCUT2D eigenvalue weighted by Gasteiger charge is -2.18. The van der Waals surface area contributed by atoms with E-state index in [0.29, 0.717) is 5.02 Å². The minimum absolute atomic E-state index is 0.121. The smallest absolute Gasteiger partial charge is 0.257 e. The maximum Gasteiger partial charge on any atom is 0.257 e. The van der Waals surface area contributed by atoms with Crippen LogP contribution in [0.15, 0.2) is 41.3 Å². The molecule has 0 aliphatic heterocycles. The van der Waals surface area contributed by atoms with Crippen LogP contribution in [0.25, 0.3) is 0 Å². The van der Waals surface area contributed by atoms with Crippen molar-refractivity contribution < 1.29 is 17.6 Å². The van der Waals surface area contributed by atoms with E-state index in [1.807, 2.05) is 0 Å². The first-order valence-electron chi connectivity index (χ1n) is 7.76. The number of carbonyl (C=O) groups is 1. The Balaban J connectivity index is 2.29. The number of hydrogen-bond acceptors (Lipinski definition) is 3. The molecule has 140 valence electrons. The van der Waals surface area contributed by atoms with Gasteiger partial charge in [0.2, 0.25) is 10.0 Å². The van der Waals surface area contributed by atoms with Gasteiger partial charge in [0.25, 0.3) is 5.91 Å². The van der Waals surface area contributed by atoms with Crippen molar-refractivity contribution in [2.45, 2.75) is 18.7 Å². The zero-order valence-electron chi connectivity index (χ0n) is 14.1. The van der Waals surface area contributed by atoms with E-state index >= 15 is 0 Å². The van der Waals surface area contributed by atoms with Crippen LogP contribution in [0.1, 0.15) is 24.2 Å². The molecule has 5 nitrogen and oxygen atoms in total. The minimum atomic E-state index is -3.79. The molecule has 0 heterocycles. The van der Waals surface area contributed by atoms with Crippen molar-refractivity contribution in [3.05, 3.63) is 57.8 Å². The largest absolute Gasteiger partial charge is 0.319 e. The van der Waals surface area contributed by atoms with E-state index < -0.39 is 21.7 Å². The fraction of sp³-hybridized carbons (Fsp3) is 0.235. The van der Waals surface area contributed by atoms with Gasteiger partial charge in [-0.15, -0.1) is 0 Å². The van der Waals surface area contributed by atoms with Crippen LogP contribution >= 0.6 is 23.2 Å². The van der Waals surface area contributed by atoms with Crippen LogP contribution in [0.3, 0.4) is 0 Å². The monoisotopic (exact) mass is 418 g/mol. The van der Waals surface area contributed by atoms with E-state index in [9.17, 15) is 17.6 Å². The van der Waals surface area contributed by atoms with Gasteiger partial charge in [-0.1, -0.05) is 37.0 Å². The number of hydrogen-bond donors (Lipinski definition) is 1. The Morgan fingerprint density at radius 3 is 2.31 bits per heavy atom. The van der Waals surface area contributed by atoms with Gasteiger partial charge in [-0.05, 0) is 36.4 Å². The van der Waals surface area contributed by atoms with Gasteiger partial charge in [-0.25, -0.2) is 12.8 Å². The number of anilines is 1. The van der Waals surface area contributed by atoms with Gasteiger partial charge in [-0.3, -0.25) is 4.79 Å². The van der Waals surface area contributed by atoms with Crippen LogP contribution in [0.4, 0.5) is 10.1 Å². The van der Waals surface area contributed by atoms with Crippen molar-refractivity contribution in [3.63, 3.8) is 0 Å². The number of sulfonamides is 1. The summed E-state index contributed by atoms with van der Waals surface area (Å²) in [6.07, 6.45) is 0. The fourth-order valence-corrected chi connectivity index (χ4v) is 4.30. The Morgan fingerprint density at radius 2 is 1.77 bits per heavy atom. The van der Waals surface area contributed by atoms with Crippen LogP contribution in [-0.4, -0.2) is 31.7 Å². The summed E-state index contributed by atoms with van der Waals surface area (Å²) in [5, 5.41) is 2.86. The molecule has 0 unspecified atom stereocenters. The molecule has 1 N–H and O–H groups in total. The van der Waals surface area contributed by atoms with E-state index in [0.717, 1.165) is 6.07 Å². The third kappa shape index (κ3) is 4.35. The normalized spacial score (nSPS) is 11.6. The number of benzene rings is 2. The summed E-state index contributed by atoms with van der Waals surface area (Å²) in [5.41, 5.74) is -0.0326. The van der Waals surface area contributed by atoms with Gasteiger partial charge in [0.05, 0.1) is 21.2 Å². The molecule has 9 heteroatoms. The Morgan fingerprint density at radius 1 is 1.12 bits per heavy atom. The maximum absolute atomic E-state index is 14.3. The summed E-state index contributed by atoms with van der Waals surface area (Å²) in [5.74, 6) is -1.50. The Bertz CT molecular complexity index is 932. The second kappa shape index (κ2) is 8.35. The lowest BCUT2D eigenvalue weighted by atomic mass is 10.2. The first kappa shape index (κ1) is 20.6. The van der Waals surface area contributed by atoms with Crippen LogP contribution in [0.5, 0.6) is 0 Å². The standard InChI is InChI=1S/C17H17Cl2FN2O3S/c1-3-22(4-2)26(24,25)12-6-8-16(15(20)10-12)21-17(23)13-7-5-11(18)9-14(13)19/h5-10H,3-4H2,1-2H3,(H,21,23). The maximum atomic E-state index is 14.3. The van der Waals surface area contributed by atoms with Crippen LogP contribution in [0, 0.1) is 5.82 Å². The van der Waals surface area contributed by atoms with E-state index in [2.05, 4.69) is 5.32 Å². The molecule has 0 fully saturated rings. The van der Waals surface area contributed by atoms with Crippen molar-refractivity contribution >= 4 is 44.8 Å². The van der Waals surface area contributed by atoms with E-state index in [1.165, 1.54) is 34.6 Å². The third-order valence-corrected chi connectivity index (χ3v) is 6.30. The molecule has 2 aromatic rings. The van der Waals surface area contributed by atoms with E-state index in [-0.39, 0.29) is 34.3 Å². The number of rotatable bonds is 6. The number of carbonyl (C=O) groups excluding carboxylic acids is 1. The number of nitrogens with zero attached hydrogens (tertiary/aromatic N) is 1. The molecule has 0 saturated heterocycles. The molecular weight excluding hydrogens is 402 g/mol. The summed E-state index contributed by atoms with van der Waals surface area (Å²) < 4.78 is 40.4. The topological polar surface area (TPSA) is 66.5 Å². The lowest BCUT2D eigenvalue weighted by Crippen LogP contribution is -2.30. The van der Waals surface area contributed by atoms with Gasteiger partial charge < -0.3 is 5.32 Å². The summed E-state index contributed by atoms with van der Waals surface area (Å²) in [4.78, 5) is 12.1. The van der Waals surface area contributed by atoms with Crippen molar-refractivity contribution in [1.82, 2.24) is 4.31 Å². The van der Waals surface area contributed by atoms with Crippen molar-refractivity contribution in [2.24, 2.45) is 0 Å². The zero-order valence-corrected chi connectivity index (χ0v) is 16.4. The van der Waals surface area contributed by atoms with Gasteiger partial charge in [0.1, 0.15) is 5.82 Å². The molecule has 0 saturated carbocycles. The molecular formula is C17H17Cl2FN2O3S. The SMILES string of the molecule is CCN(CC)S(=O)(=O)c1ccc(NC(=O)c2ccc(Cl)cc2Cl)c(F)c1. The number of nitrogens with one attached hydrogen (secondary N) is 1. The second-order valence-electron chi connectivity index (χ2n) is 5.31. The highest BCUT2D eigenvalue weighted by atomic mass is 35.5. The first-order valence-corrected chi connectivity index (χ1v) is 9.96. The molecule has 2 aromatic carbocycles. The minimum Gasteiger partial charge on any atom is -0.319 e. The lowest BCUT2D eigenvalue weighted by molar-refractivity contribution is 0.102. The van der Waals surface area contributed by atoms with Crippen LogP contribution < -0.4 is 5.32 Å². The van der Waals surface area contributed by atoms with Crippen LogP contribution in [-0.2, 0) is 10.0 Å². The highest BCUT2D eigenvalue weighted by Crippen LogP contribution is 2.25. The Labute approximate surface area is 161 Å². The summed E-state index contributed by atoms with van der Waals surface area (Å²) >= 11 is 11.7. The molecule has 0 aliphatic rings. The van der Waals surface area contributed by atoms with E-state index in [4.69, 9.17) is 23.2 Å². The van der Waals surface area contributed by atoms with Crippen LogP contribution in [0.2, 0.25) is 10.0 Å². The fourth-order valence-electron chi connectivity index (χ4n) is 2.33.